The zero-order chi connectivity index (χ0) is 23.6. The number of rotatable bonds is 12. The van der Waals surface area contributed by atoms with Crippen LogP contribution in [0.1, 0.15) is 36.6 Å². The summed E-state index contributed by atoms with van der Waals surface area (Å²) < 4.78 is 18.3. The highest BCUT2D eigenvalue weighted by Crippen LogP contribution is 2.28. The Kier molecular flexibility index (Phi) is 9.46. The minimum Gasteiger partial charge on any atom is -0.493 e. The van der Waals surface area contributed by atoms with Gasteiger partial charge >= 0.3 is 0 Å². The van der Waals surface area contributed by atoms with Gasteiger partial charge in [-0.3, -0.25) is 0 Å². The summed E-state index contributed by atoms with van der Waals surface area (Å²) in [5.74, 6) is 1.02. The molecule has 0 amide bonds. The van der Waals surface area contributed by atoms with Crippen molar-refractivity contribution in [2.45, 2.75) is 39.2 Å². The number of aryl methyl sites for hydroxylation is 1. The molecule has 3 aromatic rings. The second kappa shape index (κ2) is 12.5. The molecule has 0 saturated heterocycles. The largest absolute Gasteiger partial charge is 0.493 e. The van der Waals surface area contributed by atoms with E-state index in [0.717, 1.165) is 36.1 Å². The van der Waals surface area contributed by atoms with Crippen LogP contribution in [0.3, 0.4) is 0 Å². The van der Waals surface area contributed by atoms with Gasteiger partial charge in [0.25, 0.3) is 0 Å². The van der Waals surface area contributed by atoms with E-state index < -0.39 is 0 Å². The third-order valence-corrected chi connectivity index (χ3v) is 5.64. The molecule has 8 heteroatoms. The fourth-order valence-corrected chi connectivity index (χ4v) is 3.73. The molecule has 0 aliphatic rings. The molecule has 2 aromatic heterocycles. The molecule has 0 spiro atoms. The van der Waals surface area contributed by atoms with E-state index in [4.69, 9.17) is 27.9 Å². The average Bonchev–Trinajstić information content (AvgIpc) is 2.80. The summed E-state index contributed by atoms with van der Waals surface area (Å²) in [6.45, 7) is 6.87. The Labute approximate surface area is 204 Å². The number of halogens is 3. The first kappa shape index (κ1) is 24.9. The van der Waals surface area contributed by atoms with Crippen molar-refractivity contribution < 1.29 is 9.13 Å². The summed E-state index contributed by atoms with van der Waals surface area (Å²) in [4.78, 5) is 15.2. The molecule has 0 unspecified atom stereocenters. The molecule has 0 atom stereocenters. The number of benzene rings is 1. The maximum absolute atomic E-state index is 12.7. The van der Waals surface area contributed by atoms with Crippen LogP contribution in [0.5, 0.6) is 5.75 Å². The van der Waals surface area contributed by atoms with E-state index in [9.17, 15) is 4.39 Å². The van der Waals surface area contributed by atoms with E-state index in [-0.39, 0.29) is 18.9 Å². The lowest BCUT2D eigenvalue weighted by Gasteiger charge is -2.25. The van der Waals surface area contributed by atoms with Crippen LogP contribution < -0.4 is 9.64 Å². The summed E-state index contributed by atoms with van der Waals surface area (Å²) in [6.07, 6.45) is 6.03. The molecular formula is C25H27Cl2FN4O. The van der Waals surface area contributed by atoms with E-state index in [1.807, 2.05) is 30.3 Å². The van der Waals surface area contributed by atoms with Gasteiger partial charge in [-0.2, -0.15) is 0 Å². The van der Waals surface area contributed by atoms with Gasteiger partial charge < -0.3 is 9.64 Å². The minimum absolute atomic E-state index is 0.190. The van der Waals surface area contributed by atoms with Crippen LogP contribution in [0.25, 0.3) is 0 Å². The lowest BCUT2D eigenvalue weighted by Crippen LogP contribution is -2.27. The molecular weight excluding hydrogens is 462 g/mol. The van der Waals surface area contributed by atoms with Crippen LogP contribution in [0.4, 0.5) is 10.2 Å². The molecule has 2 heterocycles. The predicted octanol–water partition coefficient (Wildman–Crippen LogP) is 6.63. The van der Waals surface area contributed by atoms with Crippen molar-refractivity contribution in [2.75, 3.05) is 18.1 Å². The van der Waals surface area contributed by atoms with Crippen molar-refractivity contribution in [1.29, 1.82) is 0 Å². The Morgan fingerprint density at radius 3 is 2.45 bits per heavy atom. The summed E-state index contributed by atoms with van der Waals surface area (Å²) in [7, 11) is 0. The van der Waals surface area contributed by atoms with E-state index in [1.165, 1.54) is 0 Å². The summed E-state index contributed by atoms with van der Waals surface area (Å²) in [6, 6.07) is 11.5. The number of nitrogens with zero attached hydrogens (tertiary/aromatic N) is 4. The van der Waals surface area contributed by atoms with Crippen molar-refractivity contribution >= 4 is 29.0 Å². The molecule has 0 fully saturated rings. The lowest BCUT2D eigenvalue weighted by atomic mass is 10.1. The number of aromatic nitrogens is 3. The van der Waals surface area contributed by atoms with Gasteiger partial charge in [-0.25, -0.2) is 19.3 Å². The second-order valence-electron chi connectivity index (χ2n) is 7.63. The van der Waals surface area contributed by atoms with E-state index >= 15 is 0 Å². The number of ether oxygens (including phenoxy) is 1. The highest BCUT2D eigenvalue weighted by molar-refractivity contribution is 6.33. The van der Waals surface area contributed by atoms with Crippen molar-refractivity contribution in [3.05, 3.63) is 88.3 Å². The van der Waals surface area contributed by atoms with Crippen LogP contribution in [0, 0.1) is 0 Å². The summed E-state index contributed by atoms with van der Waals surface area (Å²) in [5.41, 5.74) is 2.99. The van der Waals surface area contributed by atoms with Crippen LogP contribution in [0.2, 0.25) is 10.2 Å². The normalized spacial score (nSPS) is 10.8. The van der Waals surface area contributed by atoms with Gasteiger partial charge in [0, 0.05) is 25.7 Å². The predicted molar refractivity (Wildman–Crippen MR) is 132 cm³/mol. The van der Waals surface area contributed by atoms with E-state index in [2.05, 4.69) is 33.4 Å². The van der Waals surface area contributed by atoms with Gasteiger partial charge in [0.2, 0.25) is 0 Å². The third-order valence-electron chi connectivity index (χ3n) is 5.03. The highest BCUT2D eigenvalue weighted by Gasteiger charge is 2.16. The fourth-order valence-electron chi connectivity index (χ4n) is 3.30. The molecule has 0 N–H and O–H groups in total. The zero-order valence-electron chi connectivity index (χ0n) is 18.6. The van der Waals surface area contributed by atoms with Crippen molar-refractivity contribution in [1.82, 2.24) is 15.0 Å². The van der Waals surface area contributed by atoms with Crippen LogP contribution >= 0.6 is 23.2 Å². The van der Waals surface area contributed by atoms with Crippen LogP contribution in [-0.4, -0.2) is 28.1 Å². The first-order valence-corrected chi connectivity index (χ1v) is 11.6. The van der Waals surface area contributed by atoms with Crippen molar-refractivity contribution in [3.8, 4) is 5.75 Å². The average molecular weight is 489 g/mol. The second-order valence-corrected chi connectivity index (χ2v) is 8.39. The third kappa shape index (κ3) is 7.69. The topological polar surface area (TPSA) is 51.1 Å². The quantitative estimate of drug-likeness (QED) is 0.267. The molecule has 174 valence electrons. The molecule has 0 bridgehead atoms. The smallest absolute Gasteiger partial charge is 0.151 e. The first-order valence-electron chi connectivity index (χ1n) is 10.9. The first-order chi connectivity index (χ1) is 16.0. The van der Waals surface area contributed by atoms with Crippen molar-refractivity contribution in [2.24, 2.45) is 0 Å². The molecule has 0 radical (unpaired) electrons. The lowest BCUT2D eigenvalue weighted by molar-refractivity contribution is 0.311. The Bertz CT molecular complexity index is 1050. The fraction of sp³-hybridized carbons (Fsp3) is 0.320. The highest BCUT2D eigenvalue weighted by atomic mass is 35.5. The van der Waals surface area contributed by atoms with Crippen molar-refractivity contribution in [3.63, 3.8) is 0 Å². The number of hydrogen-bond acceptors (Lipinski definition) is 5. The van der Waals surface area contributed by atoms with Gasteiger partial charge in [-0.15, -0.1) is 0 Å². The molecule has 33 heavy (non-hydrogen) atoms. The van der Waals surface area contributed by atoms with E-state index in [1.54, 1.807) is 18.6 Å². The van der Waals surface area contributed by atoms with Crippen LogP contribution in [0.15, 0.2) is 61.3 Å². The molecule has 0 saturated carbocycles. The molecule has 1 aromatic carbocycles. The van der Waals surface area contributed by atoms with Gasteiger partial charge in [0.15, 0.2) is 5.82 Å². The Morgan fingerprint density at radius 2 is 1.79 bits per heavy atom. The molecule has 0 aliphatic heterocycles. The monoisotopic (exact) mass is 488 g/mol. The summed E-state index contributed by atoms with van der Waals surface area (Å²) >= 11 is 12.6. The molecule has 0 aliphatic carbocycles. The standard InChI is InChI=1S/C25H27Cl2FN4O/c1-3-4-22-24(27)25(31-17-30-22)32(16-20-7-10-23(26)29-15-20)13-11-19-5-8-21(9-6-19)33-14-12-18(2)28/h5-10,15,17H,2-4,11-14,16H2,1H3. The van der Waals surface area contributed by atoms with E-state index in [0.29, 0.717) is 34.8 Å². The molecule has 5 nitrogen and oxygen atoms in total. The minimum atomic E-state index is -0.381. The SMILES string of the molecule is C=C(F)CCOc1ccc(CCN(Cc2ccc(Cl)nc2)c2ncnc(CCC)c2Cl)cc1. The molecule has 3 rings (SSSR count). The number of pyridine rings is 1. The van der Waals surface area contributed by atoms with Gasteiger partial charge in [-0.1, -0.05) is 61.3 Å². The van der Waals surface area contributed by atoms with Gasteiger partial charge in [0.05, 0.1) is 18.1 Å². The Morgan fingerprint density at radius 1 is 1.03 bits per heavy atom. The maximum atomic E-state index is 12.7. The number of hydrogen-bond donors (Lipinski definition) is 0. The Hall–Kier alpha value is -2.70. The number of anilines is 1. The maximum Gasteiger partial charge on any atom is 0.151 e. The van der Waals surface area contributed by atoms with Gasteiger partial charge in [0.1, 0.15) is 22.3 Å². The summed E-state index contributed by atoms with van der Waals surface area (Å²) in [5, 5.41) is 1.04. The zero-order valence-corrected chi connectivity index (χ0v) is 20.1. The van der Waals surface area contributed by atoms with Crippen LogP contribution in [-0.2, 0) is 19.4 Å². The van der Waals surface area contributed by atoms with Gasteiger partial charge in [-0.05, 0) is 42.2 Å². The Balaban J connectivity index is 1.74.